The van der Waals surface area contributed by atoms with Gasteiger partial charge in [0.05, 0.1) is 27.3 Å². The first-order valence-electron chi connectivity index (χ1n) is 7.92. The van der Waals surface area contributed by atoms with Gasteiger partial charge < -0.3 is 0 Å². The van der Waals surface area contributed by atoms with E-state index >= 15 is 0 Å². The second kappa shape index (κ2) is 6.20. The number of fused-ring (bicyclic) bond motifs is 2. The number of hydrogen-bond acceptors (Lipinski definition) is 5. The Morgan fingerprint density at radius 3 is 2.88 bits per heavy atom. The van der Waals surface area contributed by atoms with Crippen LogP contribution in [0.2, 0.25) is 5.02 Å². The lowest BCUT2D eigenvalue weighted by atomic mass is 10.0. The topological polar surface area (TPSA) is 72.0 Å². The van der Waals surface area contributed by atoms with Gasteiger partial charge in [-0.05, 0) is 44.0 Å². The fourth-order valence-electron chi connectivity index (χ4n) is 2.96. The van der Waals surface area contributed by atoms with Crippen LogP contribution in [-0.4, -0.2) is 21.7 Å². The van der Waals surface area contributed by atoms with E-state index in [9.17, 15) is 9.59 Å². The van der Waals surface area contributed by atoms with E-state index in [1.165, 1.54) is 11.3 Å². The Bertz CT molecular complexity index is 1030. The van der Waals surface area contributed by atoms with Gasteiger partial charge in [-0.1, -0.05) is 22.9 Å². The number of nitrogens with zero attached hydrogens (tertiary/aromatic N) is 2. The molecule has 0 spiro atoms. The number of rotatable bonds is 2. The third-order valence-electron chi connectivity index (χ3n) is 4.20. The molecule has 1 aromatic carbocycles. The average Bonchev–Trinajstić information content (AvgIpc) is 2.98. The lowest BCUT2D eigenvalue weighted by molar-refractivity contribution is 0.0975. The van der Waals surface area contributed by atoms with Gasteiger partial charge in [-0.2, -0.15) is 0 Å². The fraction of sp³-hybridized carbons (Fsp3) is 0.222. The van der Waals surface area contributed by atoms with Crippen LogP contribution in [0.4, 0.5) is 5.13 Å². The number of hydrogen-bond donors (Lipinski definition) is 1. The van der Waals surface area contributed by atoms with E-state index in [-0.39, 0.29) is 11.7 Å². The maximum Gasteiger partial charge on any atom is 0.259 e. The molecule has 4 rings (SSSR count). The van der Waals surface area contributed by atoms with Crippen LogP contribution in [0.3, 0.4) is 0 Å². The van der Waals surface area contributed by atoms with Gasteiger partial charge in [0.25, 0.3) is 5.91 Å². The van der Waals surface area contributed by atoms with Crippen molar-refractivity contribution < 1.29 is 9.59 Å². The van der Waals surface area contributed by atoms with E-state index < -0.39 is 0 Å². The minimum absolute atomic E-state index is 0.109. The minimum Gasteiger partial charge on any atom is -0.298 e. The summed E-state index contributed by atoms with van der Waals surface area (Å²) in [4.78, 5) is 34.1. The Kier molecular flexibility index (Phi) is 4.01. The highest BCUT2D eigenvalue weighted by Gasteiger charge is 2.23. The monoisotopic (exact) mass is 371 g/mol. The summed E-state index contributed by atoms with van der Waals surface area (Å²) in [7, 11) is 0. The van der Waals surface area contributed by atoms with Crippen LogP contribution in [0.15, 0.2) is 24.3 Å². The molecule has 7 heteroatoms. The fourth-order valence-corrected chi connectivity index (χ4v) is 4.12. The highest BCUT2D eigenvalue weighted by molar-refractivity contribution is 7.17. The zero-order valence-corrected chi connectivity index (χ0v) is 15.0. The number of benzene rings is 1. The molecular formula is C18H14ClN3O2S. The molecule has 0 saturated carbocycles. The van der Waals surface area contributed by atoms with E-state index in [0.717, 1.165) is 29.4 Å². The third kappa shape index (κ3) is 3.03. The molecule has 0 atom stereocenters. The maximum atomic E-state index is 12.7. The summed E-state index contributed by atoms with van der Waals surface area (Å²) in [6, 6.07) is 7.15. The molecule has 1 amide bonds. The molecule has 0 radical (unpaired) electrons. The van der Waals surface area contributed by atoms with Crippen molar-refractivity contribution in [1.29, 1.82) is 0 Å². The van der Waals surface area contributed by atoms with Crippen LogP contribution in [0.25, 0.3) is 10.9 Å². The Hall–Kier alpha value is -2.31. The average molecular weight is 372 g/mol. The number of carbonyl (C=O) groups excluding carboxylic acids is 2. The zero-order chi connectivity index (χ0) is 17.6. The summed E-state index contributed by atoms with van der Waals surface area (Å²) in [5, 5.41) is 4.65. The largest absolute Gasteiger partial charge is 0.298 e. The first-order chi connectivity index (χ1) is 12.0. The van der Waals surface area contributed by atoms with Crippen molar-refractivity contribution in [2.24, 2.45) is 0 Å². The summed E-state index contributed by atoms with van der Waals surface area (Å²) < 4.78 is 0. The van der Waals surface area contributed by atoms with Gasteiger partial charge >= 0.3 is 0 Å². The first kappa shape index (κ1) is 16.2. The molecule has 0 unspecified atom stereocenters. The predicted molar refractivity (Wildman–Crippen MR) is 98.8 cm³/mol. The smallest absolute Gasteiger partial charge is 0.259 e. The van der Waals surface area contributed by atoms with Gasteiger partial charge in [-0.15, -0.1) is 0 Å². The molecule has 5 nitrogen and oxygen atoms in total. The Balaban J connectivity index is 1.66. The number of aryl methyl sites for hydroxylation is 2. The van der Waals surface area contributed by atoms with E-state index in [1.807, 2.05) is 6.07 Å². The molecule has 2 aromatic heterocycles. The van der Waals surface area contributed by atoms with Crippen LogP contribution in [0.5, 0.6) is 0 Å². The highest BCUT2D eigenvalue weighted by atomic mass is 35.5. The maximum absolute atomic E-state index is 12.7. The molecular weight excluding hydrogens is 358 g/mol. The number of anilines is 1. The van der Waals surface area contributed by atoms with Crippen molar-refractivity contribution in [3.8, 4) is 0 Å². The number of amides is 1. The summed E-state index contributed by atoms with van der Waals surface area (Å²) in [5.74, 6) is -0.178. The summed E-state index contributed by atoms with van der Waals surface area (Å²) >= 11 is 7.27. The van der Waals surface area contributed by atoms with Gasteiger partial charge in [0.15, 0.2) is 10.9 Å². The summed E-state index contributed by atoms with van der Waals surface area (Å²) in [6.45, 7) is 1.79. The van der Waals surface area contributed by atoms with Crippen LogP contribution in [0, 0.1) is 6.92 Å². The minimum atomic E-state index is -0.287. The molecule has 2 heterocycles. The molecule has 1 N–H and O–H groups in total. The Labute approximate surface area is 153 Å². The molecule has 126 valence electrons. The zero-order valence-electron chi connectivity index (χ0n) is 13.4. The van der Waals surface area contributed by atoms with Crippen molar-refractivity contribution in [2.75, 3.05) is 5.32 Å². The van der Waals surface area contributed by atoms with E-state index in [0.29, 0.717) is 32.7 Å². The SMILES string of the molecule is Cc1nc2ccc(Cl)cc2cc1C(=O)Nc1nc2c(s1)C(=O)CCC2. The van der Waals surface area contributed by atoms with E-state index in [4.69, 9.17) is 11.6 Å². The molecule has 0 fully saturated rings. The van der Waals surface area contributed by atoms with E-state index in [1.54, 1.807) is 25.1 Å². The van der Waals surface area contributed by atoms with Crippen LogP contribution < -0.4 is 5.32 Å². The van der Waals surface area contributed by atoms with Crippen LogP contribution in [-0.2, 0) is 6.42 Å². The molecule has 0 aliphatic heterocycles. The predicted octanol–water partition coefficient (Wildman–Crippen LogP) is 4.42. The molecule has 3 aromatic rings. The molecule has 0 saturated heterocycles. The van der Waals surface area contributed by atoms with Crippen LogP contribution >= 0.6 is 22.9 Å². The number of Topliss-reactive ketones (excluding diaryl/α,β-unsaturated/α-hetero) is 1. The number of carbonyl (C=O) groups is 2. The summed E-state index contributed by atoms with van der Waals surface area (Å²) in [5.41, 5.74) is 2.67. The Morgan fingerprint density at radius 2 is 2.08 bits per heavy atom. The van der Waals surface area contributed by atoms with Gasteiger partial charge in [-0.25, -0.2) is 4.98 Å². The second-order valence-corrected chi connectivity index (χ2v) is 7.42. The number of nitrogens with one attached hydrogen (secondary N) is 1. The first-order valence-corrected chi connectivity index (χ1v) is 9.12. The molecule has 1 aliphatic rings. The number of halogens is 1. The van der Waals surface area contributed by atoms with Crippen molar-refractivity contribution in [3.63, 3.8) is 0 Å². The normalized spacial score (nSPS) is 13.8. The van der Waals surface area contributed by atoms with E-state index in [2.05, 4.69) is 15.3 Å². The molecule has 1 aliphatic carbocycles. The molecule has 0 bridgehead atoms. The van der Waals surface area contributed by atoms with Crippen molar-refractivity contribution >= 4 is 50.7 Å². The lowest BCUT2D eigenvalue weighted by Gasteiger charge is -2.07. The third-order valence-corrected chi connectivity index (χ3v) is 5.49. The van der Waals surface area contributed by atoms with Crippen molar-refractivity contribution in [3.05, 3.63) is 51.1 Å². The number of ketones is 1. The molecule has 25 heavy (non-hydrogen) atoms. The van der Waals surface area contributed by atoms with Crippen LogP contribution in [0.1, 0.15) is 44.3 Å². The standard InChI is InChI=1S/C18H14ClN3O2S/c1-9-12(8-10-7-11(19)5-6-13(10)20-9)17(24)22-18-21-14-3-2-4-15(23)16(14)25-18/h5-8H,2-4H2,1H3,(H,21,22,24). The lowest BCUT2D eigenvalue weighted by Crippen LogP contribution is -2.14. The van der Waals surface area contributed by atoms with Gasteiger partial charge in [0.1, 0.15) is 0 Å². The van der Waals surface area contributed by atoms with Gasteiger partial charge in [0.2, 0.25) is 0 Å². The number of aromatic nitrogens is 2. The number of thiazole rings is 1. The van der Waals surface area contributed by atoms with Gasteiger partial charge in [-0.3, -0.25) is 19.9 Å². The summed E-state index contributed by atoms with van der Waals surface area (Å²) in [6.07, 6.45) is 2.15. The number of pyridine rings is 1. The Morgan fingerprint density at radius 1 is 1.24 bits per heavy atom. The highest BCUT2D eigenvalue weighted by Crippen LogP contribution is 2.30. The quantitative estimate of drug-likeness (QED) is 0.723. The van der Waals surface area contributed by atoms with Gasteiger partial charge in [0, 0.05) is 16.8 Å². The van der Waals surface area contributed by atoms with Crippen molar-refractivity contribution in [1.82, 2.24) is 9.97 Å². The second-order valence-electron chi connectivity index (χ2n) is 5.98. The van der Waals surface area contributed by atoms with Crippen molar-refractivity contribution in [2.45, 2.75) is 26.2 Å².